The van der Waals surface area contributed by atoms with E-state index in [9.17, 15) is 0 Å². The van der Waals surface area contributed by atoms with Crippen LogP contribution in [-0.4, -0.2) is 7.05 Å². The third kappa shape index (κ3) is 5.56. The number of hydrogen-bond donors (Lipinski definition) is 0. The van der Waals surface area contributed by atoms with Gasteiger partial charge in [0, 0.05) is 0 Å². The molecule has 0 aromatic carbocycles. The minimum Gasteiger partial charge on any atom is -0.0959 e. The van der Waals surface area contributed by atoms with Gasteiger partial charge in [-0.3, -0.25) is 0 Å². The predicted octanol–water partition coefficient (Wildman–Crippen LogP) is 2.98. The first-order valence-corrected chi connectivity index (χ1v) is 7.85. The molecule has 0 N–H and O–H groups in total. The van der Waals surface area contributed by atoms with Crippen molar-refractivity contribution in [3.05, 3.63) is 0 Å². The van der Waals surface area contributed by atoms with Crippen molar-refractivity contribution in [3.8, 4) is 0 Å². The van der Waals surface area contributed by atoms with Crippen molar-refractivity contribution in [3.63, 3.8) is 0 Å². The first-order chi connectivity index (χ1) is 2.27. The lowest BCUT2D eigenvalue weighted by atomic mass is 11.6. The molecule has 5 heavy (non-hydrogen) atoms. The average Bonchev–Trinajstić information content (AvgIpc) is 1.38. The summed E-state index contributed by atoms with van der Waals surface area (Å²) < 4.78 is 3.89. The van der Waals surface area contributed by atoms with Crippen molar-refractivity contribution in [2.24, 2.45) is 4.74 Å². The van der Waals surface area contributed by atoms with Crippen LogP contribution in [0.15, 0.2) is 4.74 Å². The molecule has 0 saturated carbocycles. The van der Waals surface area contributed by atoms with Gasteiger partial charge < -0.3 is 0 Å². The van der Waals surface area contributed by atoms with Gasteiger partial charge in [0.05, 0.1) is 7.05 Å². The molecular formula is CH3I2NP+. The minimum absolute atomic E-state index is 0.0333. The van der Waals surface area contributed by atoms with E-state index >= 15 is 0 Å². The van der Waals surface area contributed by atoms with Gasteiger partial charge in [-0.2, -0.15) is 0 Å². The highest BCUT2D eigenvalue weighted by molar-refractivity contribution is 14.3. The van der Waals surface area contributed by atoms with Crippen molar-refractivity contribution in [1.29, 1.82) is 0 Å². The normalized spacial score (nSPS) is 7.00. The largest absolute Gasteiger partial charge is 0.334 e. The van der Waals surface area contributed by atoms with E-state index in [4.69, 9.17) is 0 Å². The van der Waals surface area contributed by atoms with Crippen LogP contribution in [0.4, 0.5) is 0 Å². The van der Waals surface area contributed by atoms with Crippen LogP contribution in [0, 0.1) is 0 Å². The van der Waals surface area contributed by atoms with Gasteiger partial charge in [0.1, 0.15) is 0 Å². The Balaban J connectivity index is 3.14. The zero-order chi connectivity index (χ0) is 4.28. The first-order valence-electron chi connectivity index (χ1n) is 0.985. The van der Waals surface area contributed by atoms with E-state index in [-0.39, 0.29) is 3.00 Å². The summed E-state index contributed by atoms with van der Waals surface area (Å²) in [5.74, 6) is 0. The minimum atomic E-state index is -0.0333. The van der Waals surface area contributed by atoms with Crippen molar-refractivity contribution in [2.45, 2.75) is 0 Å². The molecule has 0 aromatic rings. The fraction of sp³-hybridized carbons (Fsp3) is 1.00. The maximum absolute atomic E-state index is 3.93. The predicted molar refractivity (Wildman–Crippen MR) is 43.3 cm³/mol. The second-order valence-corrected chi connectivity index (χ2v) is 12.3. The van der Waals surface area contributed by atoms with Crippen LogP contribution in [0.5, 0.6) is 0 Å². The Morgan fingerprint density at radius 3 is 1.80 bits per heavy atom. The molecular weight excluding hydrogens is 311 g/mol. The van der Waals surface area contributed by atoms with Crippen molar-refractivity contribution >= 4 is 47.1 Å². The maximum atomic E-state index is 3.93. The van der Waals surface area contributed by atoms with Crippen LogP contribution >= 0.6 is 47.1 Å². The highest BCUT2D eigenvalue weighted by Gasteiger charge is 1.90. The molecule has 0 aliphatic heterocycles. The summed E-state index contributed by atoms with van der Waals surface area (Å²) in [6.45, 7) is 0. The molecule has 0 rings (SSSR count). The smallest absolute Gasteiger partial charge is 0.0959 e. The summed E-state index contributed by atoms with van der Waals surface area (Å²) in [6.07, 6.45) is 0. The molecule has 0 fully saturated rings. The van der Waals surface area contributed by atoms with Crippen molar-refractivity contribution < 1.29 is 0 Å². The molecule has 0 bridgehead atoms. The molecule has 0 saturated heterocycles. The first kappa shape index (κ1) is 6.56. The van der Waals surface area contributed by atoms with Gasteiger partial charge in [0.2, 0.25) is 0 Å². The third-order valence-corrected chi connectivity index (χ3v) is 3.04. The Kier molecular flexibility index (Phi) is 4.91. The standard InChI is InChI=1S/CH3I2NP/c1-4-5(2)3/h1H3/q+1. The highest BCUT2D eigenvalue weighted by Crippen LogP contribution is 2.43. The van der Waals surface area contributed by atoms with E-state index in [0.717, 1.165) is 0 Å². The molecule has 0 atom stereocenters. The lowest BCUT2D eigenvalue weighted by Gasteiger charge is -1.48. The van der Waals surface area contributed by atoms with Crippen LogP contribution in [0.3, 0.4) is 0 Å². The van der Waals surface area contributed by atoms with Crippen LogP contribution in [-0.2, 0) is 0 Å². The van der Waals surface area contributed by atoms with Gasteiger partial charge in [-0.05, 0) is 0 Å². The van der Waals surface area contributed by atoms with Crippen molar-refractivity contribution in [1.82, 2.24) is 0 Å². The van der Waals surface area contributed by atoms with E-state index in [0.29, 0.717) is 0 Å². The second-order valence-electron chi connectivity index (χ2n) is 0.415. The molecule has 0 spiro atoms. The van der Waals surface area contributed by atoms with E-state index < -0.39 is 0 Å². The zero-order valence-corrected chi connectivity index (χ0v) is 7.86. The number of rotatable bonds is 0. The zero-order valence-electron chi connectivity index (χ0n) is 2.65. The van der Waals surface area contributed by atoms with Crippen LogP contribution in [0.2, 0.25) is 0 Å². The van der Waals surface area contributed by atoms with Crippen molar-refractivity contribution in [2.75, 3.05) is 7.05 Å². The SMILES string of the molecule is CN=[P+](I)I. The Labute approximate surface area is 58.4 Å². The summed E-state index contributed by atoms with van der Waals surface area (Å²) in [6, 6.07) is 0. The second kappa shape index (κ2) is 3.74. The Bertz CT molecular complexity index is 47.6. The van der Waals surface area contributed by atoms with E-state index in [1.54, 1.807) is 0 Å². The lowest BCUT2D eigenvalue weighted by Crippen LogP contribution is -1.23. The van der Waals surface area contributed by atoms with E-state index in [1.165, 1.54) is 0 Å². The highest BCUT2D eigenvalue weighted by atomic mass is 127. The molecule has 4 heteroatoms. The monoisotopic (exact) mass is 314 g/mol. The van der Waals surface area contributed by atoms with Crippen LogP contribution < -0.4 is 0 Å². The van der Waals surface area contributed by atoms with Crippen LogP contribution in [0.1, 0.15) is 0 Å². The summed E-state index contributed by atoms with van der Waals surface area (Å²) in [5, 5.41) is 0. The molecule has 0 aliphatic rings. The lowest BCUT2D eigenvalue weighted by molar-refractivity contribution is 1.52. The average molecular weight is 314 g/mol. The van der Waals surface area contributed by atoms with Gasteiger partial charge >= 0.3 is 3.00 Å². The van der Waals surface area contributed by atoms with Gasteiger partial charge in [0.15, 0.2) is 0 Å². The molecule has 0 aromatic heterocycles. The number of hydrogen-bond acceptors (Lipinski definition) is 1. The summed E-state index contributed by atoms with van der Waals surface area (Å²) in [4.78, 5) is 0. The summed E-state index contributed by atoms with van der Waals surface area (Å²) >= 11 is 4.58. The number of halogens is 2. The van der Waals surface area contributed by atoms with E-state index in [2.05, 4.69) is 48.8 Å². The fourth-order valence-corrected chi connectivity index (χ4v) is 0. The van der Waals surface area contributed by atoms with Gasteiger partial charge in [0.25, 0.3) is 44.1 Å². The molecule has 0 unspecified atom stereocenters. The Morgan fingerprint density at radius 1 is 1.60 bits per heavy atom. The topological polar surface area (TPSA) is 12.4 Å². The molecule has 30 valence electrons. The molecule has 0 radical (unpaired) electrons. The Morgan fingerprint density at radius 2 is 1.80 bits per heavy atom. The molecule has 0 aliphatic carbocycles. The van der Waals surface area contributed by atoms with Gasteiger partial charge in [-0.15, -0.1) is 0 Å². The summed E-state index contributed by atoms with van der Waals surface area (Å²) in [5.41, 5.74) is 0. The molecule has 0 heterocycles. The molecule has 1 nitrogen and oxygen atoms in total. The summed E-state index contributed by atoms with van der Waals surface area (Å²) in [7, 11) is 1.84. The van der Waals surface area contributed by atoms with E-state index in [1.807, 2.05) is 7.05 Å². The maximum Gasteiger partial charge on any atom is 0.334 e. The van der Waals surface area contributed by atoms with Gasteiger partial charge in [-0.1, -0.05) is 4.74 Å². The Hall–Kier alpha value is 1.56. The quantitative estimate of drug-likeness (QED) is 0.481. The number of nitrogens with zero attached hydrogens (tertiary/aromatic N) is 1. The van der Waals surface area contributed by atoms with Crippen LogP contribution in [0.25, 0.3) is 0 Å². The third-order valence-electron chi connectivity index (χ3n) is 0.151. The van der Waals surface area contributed by atoms with Gasteiger partial charge in [-0.25, -0.2) is 0 Å². The molecule has 0 amide bonds. The fourth-order valence-electron chi connectivity index (χ4n) is 0.